The van der Waals surface area contributed by atoms with Gasteiger partial charge in [-0.05, 0) is 31.9 Å². The van der Waals surface area contributed by atoms with E-state index in [9.17, 15) is 18.7 Å². The van der Waals surface area contributed by atoms with Gasteiger partial charge in [0.25, 0.3) is 0 Å². The van der Waals surface area contributed by atoms with Crippen LogP contribution in [-0.4, -0.2) is 29.3 Å². The first-order valence-corrected chi connectivity index (χ1v) is 6.50. The fraction of sp³-hybridized carbons (Fsp3) is 0.500. The van der Waals surface area contributed by atoms with E-state index < -0.39 is 23.1 Å². The molecule has 110 valence electrons. The van der Waals surface area contributed by atoms with Gasteiger partial charge in [-0.15, -0.1) is 0 Å². The molecule has 6 heteroatoms. The maximum Gasteiger partial charge on any atom is 0.323 e. The Bertz CT molecular complexity index is 505. The van der Waals surface area contributed by atoms with E-state index in [0.717, 1.165) is 25.0 Å². The fourth-order valence-corrected chi connectivity index (χ4v) is 1.88. The monoisotopic (exact) mass is 285 g/mol. The molecule has 0 spiro atoms. The SMILES string of the molecule is CC(CCOc1ccc(F)cc1F)(NC1CC1)C(=O)O. The van der Waals surface area contributed by atoms with Crippen molar-refractivity contribution in [2.75, 3.05) is 6.61 Å². The Hall–Kier alpha value is -1.69. The Morgan fingerprint density at radius 2 is 2.20 bits per heavy atom. The molecule has 0 aromatic heterocycles. The molecule has 0 heterocycles. The van der Waals surface area contributed by atoms with Gasteiger partial charge < -0.3 is 9.84 Å². The third-order valence-electron chi connectivity index (χ3n) is 3.33. The Morgan fingerprint density at radius 1 is 1.50 bits per heavy atom. The van der Waals surface area contributed by atoms with Gasteiger partial charge >= 0.3 is 5.97 Å². The van der Waals surface area contributed by atoms with Crippen LogP contribution in [0.4, 0.5) is 8.78 Å². The molecule has 1 fully saturated rings. The van der Waals surface area contributed by atoms with Crippen LogP contribution in [0.2, 0.25) is 0 Å². The van der Waals surface area contributed by atoms with E-state index in [1.807, 2.05) is 0 Å². The van der Waals surface area contributed by atoms with Crippen molar-refractivity contribution in [1.29, 1.82) is 0 Å². The van der Waals surface area contributed by atoms with E-state index in [0.29, 0.717) is 0 Å². The predicted octanol–water partition coefficient (Wildman–Crippen LogP) is 2.33. The van der Waals surface area contributed by atoms with Crippen LogP contribution in [0.15, 0.2) is 18.2 Å². The van der Waals surface area contributed by atoms with Gasteiger partial charge in [-0.1, -0.05) is 0 Å². The van der Waals surface area contributed by atoms with Gasteiger partial charge in [-0.2, -0.15) is 0 Å². The number of carbonyl (C=O) groups is 1. The minimum Gasteiger partial charge on any atom is -0.490 e. The highest BCUT2D eigenvalue weighted by Gasteiger charge is 2.38. The summed E-state index contributed by atoms with van der Waals surface area (Å²) in [5.41, 5.74) is -1.10. The summed E-state index contributed by atoms with van der Waals surface area (Å²) in [4.78, 5) is 11.3. The van der Waals surface area contributed by atoms with Gasteiger partial charge in [0, 0.05) is 18.5 Å². The van der Waals surface area contributed by atoms with E-state index >= 15 is 0 Å². The van der Waals surface area contributed by atoms with Crippen LogP contribution in [0.25, 0.3) is 0 Å². The van der Waals surface area contributed by atoms with Crippen molar-refractivity contribution in [2.45, 2.75) is 37.8 Å². The van der Waals surface area contributed by atoms with Gasteiger partial charge in [-0.25, -0.2) is 8.78 Å². The average Bonchev–Trinajstić information content (AvgIpc) is 3.15. The van der Waals surface area contributed by atoms with Crippen LogP contribution in [0.1, 0.15) is 26.2 Å². The minimum atomic E-state index is -1.10. The molecule has 1 aromatic carbocycles. The first-order valence-electron chi connectivity index (χ1n) is 6.50. The topological polar surface area (TPSA) is 58.6 Å². The normalized spacial score (nSPS) is 17.6. The quantitative estimate of drug-likeness (QED) is 0.807. The number of ether oxygens (including phenoxy) is 1. The lowest BCUT2D eigenvalue weighted by molar-refractivity contribution is -0.144. The third-order valence-corrected chi connectivity index (χ3v) is 3.33. The van der Waals surface area contributed by atoms with Crippen molar-refractivity contribution in [3.05, 3.63) is 29.8 Å². The van der Waals surface area contributed by atoms with Gasteiger partial charge in [0.2, 0.25) is 0 Å². The molecule has 2 N–H and O–H groups in total. The molecule has 1 aromatic rings. The molecule has 20 heavy (non-hydrogen) atoms. The summed E-state index contributed by atoms with van der Waals surface area (Å²) in [5.74, 6) is -2.52. The second-order valence-electron chi connectivity index (χ2n) is 5.23. The Labute approximate surface area is 115 Å². The lowest BCUT2D eigenvalue weighted by atomic mass is 9.98. The number of carboxylic acids is 1. The summed E-state index contributed by atoms with van der Waals surface area (Å²) in [6, 6.07) is 3.25. The molecule has 0 radical (unpaired) electrons. The van der Waals surface area contributed by atoms with Gasteiger partial charge in [0.15, 0.2) is 11.6 Å². The number of halogens is 2. The summed E-state index contributed by atoms with van der Waals surface area (Å²) in [6.07, 6.45) is 2.13. The zero-order chi connectivity index (χ0) is 14.8. The first-order chi connectivity index (χ1) is 9.40. The Morgan fingerprint density at radius 3 is 2.75 bits per heavy atom. The van der Waals surface area contributed by atoms with Crippen LogP contribution in [0.5, 0.6) is 5.75 Å². The van der Waals surface area contributed by atoms with Crippen LogP contribution >= 0.6 is 0 Å². The van der Waals surface area contributed by atoms with Gasteiger partial charge in [0.1, 0.15) is 11.4 Å². The van der Waals surface area contributed by atoms with E-state index in [-0.39, 0.29) is 24.8 Å². The van der Waals surface area contributed by atoms with E-state index in [4.69, 9.17) is 4.74 Å². The van der Waals surface area contributed by atoms with Gasteiger partial charge in [0.05, 0.1) is 6.61 Å². The number of carboxylic acid groups (broad SMARTS) is 1. The molecule has 1 aliphatic rings. The van der Waals surface area contributed by atoms with E-state index in [1.54, 1.807) is 6.92 Å². The predicted molar refractivity (Wildman–Crippen MR) is 68.7 cm³/mol. The van der Waals surface area contributed by atoms with E-state index in [1.165, 1.54) is 6.07 Å². The number of hydrogen-bond donors (Lipinski definition) is 2. The van der Waals surface area contributed by atoms with Crippen LogP contribution in [0, 0.1) is 11.6 Å². The summed E-state index contributed by atoms with van der Waals surface area (Å²) < 4.78 is 31.3. The summed E-state index contributed by atoms with van der Waals surface area (Å²) in [6.45, 7) is 1.61. The van der Waals surface area contributed by atoms with Crippen LogP contribution in [-0.2, 0) is 4.79 Å². The highest BCUT2D eigenvalue weighted by atomic mass is 19.1. The van der Waals surface area contributed by atoms with Gasteiger partial charge in [-0.3, -0.25) is 10.1 Å². The highest BCUT2D eigenvalue weighted by molar-refractivity contribution is 5.78. The largest absolute Gasteiger partial charge is 0.490 e. The zero-order valence-corrected chi connectivity index (χ0v) is 11.2. The second kappa shape index (κ2) is 5.75. The number of rotatable bonds is 7. The lowest BCUT2D eigenvalue weighted by Gasteiger charge is -2.26. The summed E-state index contributed by atoms with van der Waals surface area (Å²) in [5, 5.41) is 12.3. The number of hydrogen-bond acceptors (Lipinski definition) is 3. The fourth-order valence-electron chi connectivity index (χ4n) is 1.88. The summed E-state index contributed by atoms with van der Waals surface area (Å²) in [7, 11) is 0. The maximum absolute atomic E-state index is 13.4. The molecule has 0 saturated heterocycles. The maximum atomic E-state index is 13.4. The molecule has 1 atom stereocenters. The van der Waals surface area contributed by atoms with Crippen LogP contribution < -0.4 is 10.1 Å². The molecule has 0 aliphatic heterocycles. The molecule has 0 bridgehead atoms. The zero-order valence-electron chi connectivity index (χ0n) is 11.2. The summed E-state index contributed by atoms with van der Waals surface area (Å²) >= 11 is 0. The molecule has 1 aliphatic carbocycles. The van der Waals surface area contributed by atoms with Crippen LogP contribution in [0.3, 0.4) is 0 Å². The average molecular weight is 285 g/mol. The number of nitrogens with one attached hydrogen (secondary N) is 1. The standard InChI is InChI=1S/C14H17F2NO3/c1-14(13(18)19,17-10-3-4-10)6-7-20-12-5-2-9(15)8-11(12)16/h2,5,8,10,17H,3-4,6-7H2,1H3,(H,18,19). The third kappa shape index (κ3) is 3.66. The first kappa shape index (κ1) is 14.7. The van der Waals surface area contributed by atoms with Crippen molar-refractivity contribution in [2.24, 2.45) is 0 Å². The van der Waals surface area contributed by atoms with Crippen molar-refractivity contribution in [3.8, 4) is 5.75 Å². The molecule has 1 unspecified atom stereocenters. The van der Waals surface area contributed by atoms with Crippen molar-refractivity contribution in [1.82, 2.24) is 5.32 Å². The van der Waals surface area contributed by atoms with Crippen molar-refractivity contribution >= 4 is 5.97 Å². The molecule has 2 rings (SSSR count). The van der Waals surface area contributed by atoms with Crippen molar-refractivity contribution in [3.63, 3.8) is 0 Å². The minimum absolute atomic E-state index is 0.0328. The van der Waals surface area contributed by atoms with E-state index in [2.05, 4.69) is 5.32 Å². The molecular weight excluding hydrogens is 268 g/mol. The smallest absolute Gasteiger partial charge is 0.323 e. The molecule has 0 amide bonds. The highest BCUT2D eigenvalue weighted by Crippen LogP contribution is 2.25. The lowest BCUT2D eigenvalue weighted by Crippen LogP contribution is -2.51. The molecular formula is C14H17F2NO3. The number of benzene rings is 1. The Balaban J connectivity index is 1.90. The number of aliphatic carboxylic acids is 1. The second-order valence-corrected chi connectivity index (χ2v) is 5.23. The molecule has 4 nitrogen and oxygen atoms in total. The molecule has 1 saturated carbocycles. The van der Waals surface area contributed by atoms with Crippen molar-refractivity contribution < 1.29 is 23.4 Å². The Kier molecular flexibility index (Phi) is 4.23.